The van der Waals surface area contributed by atoms with Crippen LogP contribution in [-0.4, -0.2) is 78.0 Å². The molecule has 3 heterocycles. The van der Waals surface area contributed by atoms with Gasteiger partial charge in [0.2, 0.25) is 11.1 Å². The number of amidine groups is 1. The summed E-state index contributed by atoms with van der Waals surface area (Å²) in [6.45, 7) is 4.05. The van der Waals surface area contributed by atoms with Crippen LogP contribution in [0.2, 0.25) is 0 Å². The van der Waals surface area contributed by atoms with Gasteiger partial charge in [-0.1, -0.05) is 42.1 Å². The van der Waals surface area contributed by atoms with E-state index in [0.29, 0.717) is 24.1 Å². The number of hydrogen-bond donors (Lipinski definition) is 1. The predicted molar refractivity (Wildman–Crippen MR) is 118 cm³/mol. The molecule has 1 N–H and O–H groups in total. The Morgan fingerprint density at radius 1 is 1.24 bits per heavy atom. The van der Waals surface area contributed by atoms with E-state index in [9.17, 15) is 4.79 Å². The first-order valence-corrected chi connectivity index (χ1v) is 11.3. The second-order valence-electron chi connectivity index (χ2n) is 8.11. The van der Waals surface area contributed by atoms with E-state index in [2.05, 4.69) is 36.6 Å². The Morgan fingerprint density at radius 2 is 2.03 bits per heavy atom. The van der Waals surface area contributed by atoms with Crippen molar-refractivity contribution in [2.24, 2.45) is 9.98 Å². The molecule has 3 aliphatic heterocycles. The predicted octanol–water partition coefficient (Wildman–Crippen LogP) is 2.05. The maximum Gasteiger partial charge on any atom is 0.357 e. The molecule has 1 aromatic carbocycles. The van der Waals surface area contributed by atoms with Gasteiger partial charge in [-0.3, -0.25) is 4.79 Å². The van der Waals surface area contributed by atoms with Crippen LogP contribution in [0.4, 0.5) is 0 Å². The Bertz CT molecular complexity index is 878. The van der Waals surface area contributed by atoms with E-state index < -0.39 is 0 Å². The quantitative estimate of drug-likeness (QED) is 0.725. The number of carbonyl (C=O) groups is 1. The minimum Gasteiger partial charge on any atom is -0.334 e. The second kappa shape index (κ2) is 8.30. The van der Waals surface area contributed by atoms with Crippen LogP contribution >= 0.6 is 11.8 Å². The zero-order valence-electron chi connectivity index (χ0n) is 17.4. The molecule has 1 aromatic rings. The van der Waals surface area contributed by atoms with Crippen molar-refractivity contribution in [3.63, 3.8) is 0 Å². The Balaban J connectivity index is 1.55. The molecule has 8 heteroatoms. The summed E-state index contributed by atoms with van der Waals surface area (Å²) in [5.41, 5.74) is 6.93. The molecule has 0 saturated carbocycles. The third-order valence-electron chi connectivity index (χ3n) is 5.61. The standard InChI is InChI=1S/C21H29N6OS/c1-25(2)10-7-11-27-15-17-14-26(13-16-8-5-4-6-9-16)19(28)12-18(17)22-20(27)23-21(24-27)29-3/h4-6,8-9H,7,10-15H2,1-3H3,(H,22,23,24)/q+1. The smallest absolute Gasteiger partial charge is 0.334 e. The fourth-order valence-corrected chi connectivity index (χ4v) is 4.54. The van der Waals surface area contributed by atoms with Crippen LogP contribution in [0, 0.1) is 0 Å². The number of fused-ring (bicyclic) bond motifs is 1. The summed E-state index contributed by atoms with van der Waals surface area (Å²) in [6.07, 6.45) is 3.44. The number of guanidine groups is 1. The Morgan fingerprint density at radius 3 is 2.76 bits per heavy atom. The number of nitrogens with zero attached hydrogens (tertiary/aromatic N) is 5. The van der Waals surface area contributed by atoms with Crippen LogP contribution in [0.25, 0.3) is 0 Å². The van der Waals surface area contributed by atoms with Gasteiger partial charge in [0.15, 0.2) is 0 Å². The molecule has 0 radical (unpaired) electrons. The van der Waals surface area contributed by atoms with Crippen LogP contribution in [0.3, 0.4) is 0 Å². The zero-order valence-corrected chi connectivity index (χ0v) is 18.2. The largest absolute Gasteiger partial charge is 0.357 e. The molecule has 0 fully saturated rings. The number of quaternary nitrogens is 1. The number of hydrogen-bond acceptors (Lipinski definition) is 6. The molecule has 0 bridgehead atoms. The fraction of sp³-hybridized carbons (Fsp3) is 0.476. The minimum absolute atomic E-state index is 0.143. The maximum atomic E-state index is 12.7. The number of rotatable bonds is 6. The van der Waals surface area contributed by atoms with Crippen LogP contribution in [0.15, 0.2) is 51.6 Å². The van der Waals surface area contributed by atoms with Crippen LogP contribution in [0.1, 0.15) is 18.4 Å². The van der Waals surface area contributed by atoms with Crippen molar-refractivity contribution in [2.75, 3.05) is 46.5 Å². The lowest BCUT2D eigenvalue weighted by Gasteiger charge is -2.39. The lowest BCUT2D eigenvalue weighted by molar-refractivity contribution is -0.869. The number of nitrogens with one attached hydrogen (secondary N) is 1. The van der Waals surface area contributed by atoms with Crippen molar-refractivity contribution in [3.05, 3.63) is 47.2 Å². The lowest BCUT2D eigenvalue weighted by Crippen LogP contribution is -2.62. The fourth-order valence-electron chi connectivity index (χ4n) is 4.10. The van der Waals surface area contributed by atoms with Crippen LogP contribution in [0.5, 0.6) is 0 Å². The molecule has 29 heavy (non-hydrogen) atoms. The number of benzene rings is 1. The molecule has 7 nitrogen and oxygen atoms in total. The second-order valence-corrected chi connectivity index (χ2v) is 8.91. The molecule has 4 rings (SSSR count). The maximum absolute atomic E-state index is 12.7. The molecule has 1 atom stereocenters. The average molecular weight is 414 g/mol. The first kappa shape index (κ1) is 20.1. The Kier molecular flexibility index (Phi) is 5.76. The first-order valence-electron chi connectivity index (χ1n) is 10.0. The van der Waals surface area contributed by atoms with E-state index in [0.717, 1.165) is 48.4 Å². The molecule has 1 unspecified atom stereocenters. The van der Waals surface area contributed by atoms with Crippen LogP contribution < -0.4 is 5.43 Å². The molecular formula is C21H29N6OS+. The van der Waals surface area contributed by atoms with Crippen molar-refractivity contribution < 1.29 is 9.39 Å². The van der Waals surface area contributed by atoms with E-state index >= 15 is 0 Å². The number of amides is 1. The highest BCUT2D eigenvalue weighted by Crippen LogP contribution is 2.32. The topological polar surface area (TPSA) is 60.3 Å². The lowest BCUT2D eigenvalue weighted by atomic mass is 10.0. The monoisotopic (exact) mass is 413 g/mol. The van der Waals surface area contributed by atoms with Gasteiger partial charge in [0.25, 0.3) is 0 Å². The third kappa shape index (κ3) is 4.24. The van der Waals surface area contributed by atoms with Gasteiger partial charge in [-0.2, -0.15) is 9.58 Å². The highest BCUT2D eigenvalue weighted by molar-refractivity contribution is 8.13. The summed E-state index contributed by atoms with van der Waals surface area (Å²) in [7, 11) is 4.20. The Hall–Kier alpha value is -2.16. The van der Waals surface area contributed by atoms with Crippen molar-refractivity contribution in [3.8, 4) is 0 Å². The number of aliphatic imine (C=N–C) groups is 2. The highest BCUT2D eigenvalue weighted by atomic mass is 32.2. The zero-order chi connectivity index (χ0) is 20.4. The molecule has 0 spiro atoms. The van der Waals surface area contributed by atoms with Gasteiger partial charge < -0.3 is 9.80 Å². The van der Waals surface area contributed by atoms with Crippen LogP contribution in [-0.2, 0) is 11.3 Å². The molecule has 0 aliphatic carbocycles. The molecule has 3 aliphatic rings. The van der Waals surface area contributed by atoms with Gasteiger partial charge in [0, 0.05) is 31.6 Å². The average Bonchev–Trinajstić information content (AvgIpc) is 3.05. The van der Waals surface area contributed by atoms with Crippen molar-refractivity contribution >= 4 is 28.8 Å². The summed E-state index contributed by atoms with van der Waals surface area (Å²) in [5, 5.41) is 0.904. The SMILES string of the molecule is CSC1=NC2=NC3=C(CN(Cc4ccccc4)C(=O)C3)C[N+]2(CCCN(C)C)N1. The number of carbonyl (C=O) groups excluding carboxylic acids is 1. The first-order chi connectivity index (χ1) is 14.0. The highest BCUT2D eigenvalue weighted by Gasteiger charge is 2.47. The summed E-state index contributed by atoms with van der Waals surface area (Å²) in [4.78, 5) is 26.5. The van der Waals surface area contributed by atoms with Crippen molar-refractivity contribution in [1.82, 2.24) is 15.2 Å². The summed E-state index contributed by atoms with van der Waals surface area (Å²) >= 11 is 1.61. The molecule has 1 amide bonds. The van der Waals surface area contributed by atoms with E-state index in [4.69, 9.17) is 9.98 Å². The van der Waals surface area contributed by atoms with Gasteiger partial charge in [0.1, 0.15) is 13.1 Å². The van der Waals surface area contributed by atoms with Gasteiger partial charge in [-0.05, 0) is 25.9 Å². The van der Waals surface area contributed by atoms with Gasteiger partial charge in [0.05, 0.1) is 12.1 Å². The molecular weight excluding hydrogens is 384 g/mol. The van der Waals surface area contributed by atoms with Gasteiger partial charge >= 0.3 is 5.96 Å². The normalized spacial score (nSPS) is 23.6. The number of thioether (sulfide) groups is 1. The van der Waals surface area contributed by atoms with E-state index in [1.54, 1.807) is 11.8 Å². The van der Waals surface area contributed by atoms with E-state index in [1.807, 2.05) is 29.4 Å². The summed E-state index contributed by atoms with van der Waals surface area (Å²) < 4.78 is 0.566. The van der Waals surface area contributed by atoms with Crippen molar-refractivity contribution in [2.45, 2.75) is 19.4 Å². The van der Waals surface area contributed by atoms with Gasteiger partial charge in [-0.15, -0.1) is 4.99 Å². The third-order valence-corrected chi connectivity index (χ3v) is 6.18. The molecule has 0 aromatic heterocycles. The minimum atomic E-state index is 0.143. The molecule has 154 valence electrons. The Labute approximate surface area is 176 Å². The van der Waals surface area contributed by atoms with Gasteiger partial charge in [-0.25, -0.2) is 5.43 Å². The summed E-state index contributed by atoms with van der Waals surface area (Å²) in [5.74, 6) is 0.945. The van der Waals surface area contributed by atoms with E-state index in [-0.39, 0.29) is 5.91 Å². The summed E-state index contributed by atoms with van der Waals surface area (Å²) in [6, 6.07) is 10.2. The van der Waals surface area contributed by atoms with Crippen molar-refractivity contribution in [1.29, 1.82) is 0 Å². The van der Waals surface area contributed by atoms with E-state index in [1.165, 1.54) is 5.57 Å². The molecule has 0 saturated heterocycles.